The highest BCUT2D eigenvalue weighted by molar-refractivity contribution is 7.91. The summed E-state index contributed by atoms with van der Waals surface area (Å²) in [6.45, 7) is 2.52. The van der Waals surface area contributed by atoms with Crippen molar-refractivity contribution in [3.8, 4) is 5.75 Å². The third-order valence-electron chi connectivity index (χ3n) is 3.38. The summed E-state index contributed by atoms with van der Waals surface area (Å²) < 4.78 is 60.6. The second kappa shape index (κ2) is 6.15. The van der Waals surface area contributed by atoms with Crippen molar-refractivity contribution >= 4 is 19.9 Å². The molecule has 1 fully saturated rings. The second-order valence-electron chi connectivity index (χ2n) is 5.13. The molecule has 22 heavy (non-hydrogen) atoms. The molecule has 7 nitrogen and oxygen atoms in total. The van der Waals surface area contributed by atoms with E-state index in [2.05, 4.69) is 0 Å². The number of methoxy groups -OCH3 is 1. The fourth-order valence-electron chi connectivity index (χ4n) is 2.23. The summed E-state index contributed by atoms with van der Waals surface area (Å²) in [5.41, 5.74) is 0. The zero-order valence-corrected chi connectivity index (χ0v) is 14.3. The van der Waals surface area contributed by atoms with E-state index >= 15 is 0 Å². The van der Waals surface area contributed by atoms with Gasteiger partial charge in [-0.2, -0.15) is 4.31 Å². The van der Waals surface area contributed by atoms with Gasteiger partial charge in [0.2, 0.25) is 10.0 Å². The van der Waals surface area contributed by atoms with Gasteiger partial charge in [-0.25, -0.2) is 16.8 Å². The van der Waals surface area contributed by atoms with Crippen LogP contribution in [-0.2, 0) is 24.6 Å². The van der Waals surface area contributed by atoms with Crippen molar-refractivity contribution in [3.05, 3.63) is 18.2 Å². The van der Waals surface area contributed by atoms with Crippen molar-refractivity contribution in [1.29, 1.82) is 0 Å². The fraction of sp³-hybridized carbons (Fsp3) is 0.538. The lowest BCUT2D eigenvalue weighted by Gasteiger charge is -2.30. The quantitative estimate of drug-likeness (QED) is 0.787. The first-order valence-electron chi connectivity index (χ1n) is 6.66. The molecule has 1 saturated heterocycles. The average molecular weight is 349 g/mol. The van der Waals surface area contributed by atoms with Gasteiger partial charge in [-0.15, -0.1) is 0 Å². The van der Waals surface area contributed by atoms with E-state index in [9.17, 15) is 16.8 Å². The highest BCUT2D eigenvalue weighted by Crippen LogP contribution is 2.30. The molecule has 0 aliphatic carbocycles. The second-order valence-corrected chi connectivity index (χ2v) is 9.05. The van der Waals surface area contributed by atoms with Crippen LogP contribution in [0.1, 0.15) is 6.92 Å². The number of hydrogen-bond donors (Lipinski definition) is 0. The molecule has 1 heterocycles. The molecular formula is C13H19NO6S2. The first kappa shape index (κ1) is 17.2. The minimum absolute atomic E-state index is 0.0619. The van der Waals surface area contributed by atoms with Gasteiger partial charge in [-0.1, -0.05) is 0 Å². The summed E-state index contributed by atoms with van der Waals surface area (Å²) in [6, 6.07) is 3.83. The maximum Gasteiger partial charge on any atom is 0.246 e. The van der Waals surface area contributed by atoms with E-state index in [1.165, 1.54) is 23.5 Å². The molecule has 1 atom stereocenters. The van der Waals surface area contributed by atoms with Gasteiger partial charge in [0.25, 0.3) is 0 Å². The molecule has 1 unspecified atom stereocenters. The van der Waals surface area contributed by atoms with Crippen LogP contribution in [0.3, 0.4) is 0 Å². The molecule has 1 aliphatic heterocycles. The number of rotatable bonds is 4. The van der Waals surface area contributed by atoms with Crippen LogP contribution in [0.25, 0.3) is 0 Å². The van der Waals surface area contributed by atoms with Gasteiger partial charge in [0, 0.05) is 19.3 Å². The van der Waals surface area contributed by atoms with Crippen LogP contribution in [0, 0.1) is 0 Å². The molecule has 124 valence electrons. The molecule has 0 spiro atoms. The summed E-state index contributed by atoms with van der Waals surface area (Å²) in [5, 5.41) is 0. The Hall–Kier alpha value is -1.16. The normalized spacial score (nSPS) is 20.8. The van der Waals surface area contributed by atoms with E-state index in [4.69, 9.17) is 9.47 Å². The minimum Gasteiger partial charge on any atom is -0.495 e. The van der Waals surface area contributed by atoms with E-state index in [1.54, 1.807) is 6.92 Å². The van der Waals surface area contributed by atoms with Crippen LogP contribution in [0.2, 0.25) is 0 Å². The van der Waals surface area contributed by atoms with E-state index in [-0.39, 0.29) is 34.7 Å². The molecule has 0 amide bonds. The first-order valence-corrected chi connectivity index (χ1v) is 9.99. The number of sulfone groups is 1. The Morgan fingerprint density at radius 1 is 1.27 bits per heavy atom. The number of nitrogens with zero attached hydrogens (tertiary/aromatic N) is 1. The van der Waals surface area contributed by atoms with Crippen molar-refractivity contribution in [2.45, 2.75) is 22.8 Å². The number of benzene rings is 1. The van der Waals surface area contributed by atoms with Crippen LogP contribution in [0.15, 0.2) is 28.0 Å². The third kappa shape index (κ3) is 3.43. The summed E-state index contributed by atoms with van der Waals surface area (Å²) in [4.78, 5) is -0.208. The monoisotopic (exact) mass is 349 g/mol. The molecule has 0 aromatic heterocycles. The lowest BCUT2D eigenvalue weighted by molar-refractivity contribution is 0.0101. The minimum atomic E-state index is -3.86. The number of morpholine rings is 1. The van der Waals surface area contributed by atoms with E-state index < -0.39 is 19.9 Å². The maximum atomic E-state index is 12.8. The Labute approximate surface area is 130 Å². The van der Waals surface area contributed by atoms with Gasteiger partial charge in [-0.05, 0) is 25.1 Å². The largest absolute Gasteiger partial charge is 0.495 e. The molecule has 1 aromatic rings. The van der Waals surface area contributed by atoms with Crippen molar-refractivity contribution < 1.29 is 26.3 Å². The maximum absolute atomic E-state index is 12.8. The number of sulfonamides is 1. The van der Waals surface area contributed by atoms with Crippen LogP contribution in [-0.4, -0.2) is 60.3 Å². The molecule has 2 rings (SSSR count). The van der Waals surface area contributed by atoms with Gasteiger partial charge in [-0.3, -0.25) is 0 Å². The summed E-state index contributed by atoms with van der Waals surface area (Å²) in [7, 11) is -6.03. The zero-order valence-electron chi connectivity index (χ0n) is 12.6. The van der Waals surface area contributed by atoms with Crippen molar-refractivity contribution in [2.75, 3.05) is 33.1 Å². The molecule has 0 bridgehead atoms. The van der Waals surface area contributed by atoms with Gasteiger partial charge in [0.15, 0.2) is 9.84 Å². The van der Waals surface area contributed by atoms with Gasteiger partial charge < -0.3 is 9.47 Å². The lowest BCUT2D eigenvalue weighted by atomic mass is 10.3. The molecule has 0 saturated carbocycles. The van der Waals surface area contributed by atoms with Crippen molar-refractivity contribution in [3.63, 3.8) is 0 Å². The summed E-state index contributed by atoms with van der Waals surface area (Å²) >= 11 is 0. The first-order chi connectivity index (χ1) is 10.2. The van der Waals surface area contributed by atoms with Gasteiger partial charge >= 0.3 is 0 Å². The molecular weight excluding hydrogens is 330 g/mol. The third-order valence-corrected chi connectivity index (χ3v) is 6.38. The number of hydrogen-bond acceptors (Lipinski definition) is 6. The average Bonchev–Trinajstić information content (AvgIpc) is 2.45. The van der Waals surface area contributed by atoms with Gasteiger partial charge in [0.05, 0.1) is 24.7 Å². The van der Waals surface area contributed by atoms with Crippen LogP contribution >= 0.6 is 0 Å². The summed E-state index contributed by atoms with van der Waals surface area (Å²) in [5.74, 6) is 0.117. The number of ether oxygens (including phenoxy) is 2. The summed E-state index contributed by atoms with van der Waals surface area (Å²) in [6.07, 6.45) is 0.815. The van der Waals surface area contributed by atoms with Crippen molar-refractivity contribution in [2.24, 2.45) is 0 Å². The zero-order chi connectivity index (χ0) is 16.5. The van der Waals surface area contributed by atoms with E-state index in [1.807, 2.05) is 0 Å². The Kier molecular flexibility index (Phi) is 4.81. The molecule has 1 aromatic carbocycles. The Morgan fingerprint density at radius 3 is 2.50 bits per heavy atom. The molecule has 1 aliphatic rings. The highest BCUT2D eigenvalue weighted by Gasteiger charge is 2.32. The Bertz CT molecular complexity index is 757. The SMILES string of the molecule is COc1ccc(S(C)(=O)=O)cc1S(=O)(=O)N1CCOC(C)C1. The fourth-order valence-corrected chi connectivity index (χ4v) is 4.64. The van der Waals surface area contributed by atoms with E-state index in [0.717, 1.165) is 12.3 Å². The predicted octanol–water partition coefficient (Wildman–Crippen LogP) is 0.508. The van der Waals surface area contributed by atoms with Crippen LogP contribution in [0.4, 0.5) is 0 Å². The van der Waals surface area contributed by atoms with E-state index in [0.29, 0.717) is 6.61 Å². The standard InChI is InChI=1S/C13H19NO6S2/c1-10-9-14(6-7-20-10)22(17,18)13-8-11(21(3,15)16)4-5-12(13)19-2/h4-5,8,10H,6-7,9H2,1-3H3. The molecule has 0 radical (unpaired) electrons. The highest BCUT2D eigenvalue weighted by atomic mass is 32.2. The van der Waals surface area contributed by atoms with Gasteiger partial charge in [0.1, 0.15) is 10.6 Å². The Morgan fingerprint density at radius 2 is 1.95 bits per heavy atom. The molecule has 0 N–H and O–H groups in total. The smallest absolute Gasteiger partial charge is 0.246 e. The predicted molar refractivity (Wildman–Crippen MR) is 80.3 cm³/mol. The Balaban J connectivity index is 2.53. The van der Waals surface area contributed by atoms with Crippen LogP contribution in [0.5, 0.6) is 5.75 Å². The molecule has 9 heteroatoms. The lowest BCUT2D eigenvalue weighted by Crippen LogP contribution is -2.44. The topological polar surface area (TPSA) is 90.0 Å². The van der Waals surface area contributed by atoms with Crippen LogP contribution < -0.4 is 4.74 Å². The van der Waals surface area contributed by atoms with Crippen molar-refractivity contribution in [1.82, 2.24) is 4.31 Å².